The molecule has 2 N–H and O–H groups in total. The normalized spacial score (nSPS) is 17.9. The molecule has 3 heterocycles. The lowest BCUT2D eigenvalue weighted by molar-refractivity contribution is 0.0945. The standard InChI is InChI=1S/C18H20N4O4/c23-18(22-7-12-3-4-15-16(6-12)26-11-25-15)14-9-21-17(10-19-14)20-8-13-2-1-5-24-13/h3-4,6,9-10,13H,1-2,5,7-8,11H2,(H,20,21)(H,22,23). The van der Waals surface area contributed by atoms with Crippen LogP contribution in [0.4, 0.5) is 5.82 Å². The summed E-state index contributed by atoms with van der Waals surface area (Å²) in [6, 6.07) is 5.57. The molecule has 2 aliphatic rings. The molecule has 2 aromatic rings. The maximum Gasteiger partial charge on any atom is 0.271 e. The molecule has 0 bridgehead atoms. The number of carbonyl (C=O) groups excluding carboxylic acids is 1. The lowest BCUT2D eigenvalue weighted by Gasteiger charge is -2.11. The molecular formula is C18H20N4O4. The Hall–Kier alpha value is -2.87. The molecule has 0 radical (unpaired) electrons. The second-order valence-electron chi connectivity index (χ2n) is 6.17. The Bertz CT molecular complexity index is 775. The predicted molar refractivity (Wildman–Crippen MR) is 93.2 cm³/mol. The van der Waals surface area contributed by atoms with Crippen molar-refractivity contribution in [3.05, 3.63) is 41.9 Å². The van der Waals surface area contributed by atoms with Gasteiger partial charge >= 0.3 is 0 Å². The Balaban J connectivity index is 1.28. The summed E-state index contributed by atoms with van der Waals surface area (Å²) >= 11 is 0. The van der Waals surface area contributed by atoms with Gasteiger partial charge in [0.25, 0.3) is 5.91 Å². The third-order valence-corrected chi connectivity index (χ3v) is 4.31. The quantitative estimate of drug-likeness (QED) is 0.814. The van der Waals surface area contributed by atoms with Crippen molar-refractivity contribution < 1.29 is 19.0 Å². The summed E-state index contributed by atoms with van der Waals surface area (Å²) in [4.78, 5) is 20.6. The number of fused-ring (bicyclic) bond motifs is 1. The first-order valence-electron chi connectivity index (χ1n) is 8.62. The van der Waals surface area contributed by atoms with Crippen LogP contribution in [0.25, 0.3) is 0 Å². The molecule has 1 aromatic heterocycles. The summed E-state index contributed by atoms with van der Waals surface area (Å²) in [7, 11) is 0. The highest BCUT2D eigenvalue weighted by atomic mass is 16.7. The summed E-state index contributed by atoms with van der Waals surface area (Å²) < 4.78 is 16.1. The van der Waals surface area contributed by atoms with Crippen LogP contribution in [0.3, 0.4) is 0 Å². The van der Waals surface area contributed by atoms with Crippen molar-refractivity contribution in [1.82, 2.24) is 15.3 Å². The van der Waals surface area contributed by atoms with E-state index in [0.29, 0.717) is 24.7 Å². The Morgan fingerprint density at radius 2 is 2.12 bits per heavy atom. The van der Waals surface area contributed by atoms with Gasteiger partial charge in [0.2, 0.25) is 6.79 Å². The zero-order chi connectivity index (χ0) is 17.8. The Morgan fingerprint density at radius 1 is 1.19 bits per heavy atom. The van der Waals surface area contributed by atoms with Gasteiger partial charge in [-0.1, -0.05) is 6.07 Å². The molecule has 2 aliphatic heterocycles. The molecule has 1 unspecified atom stereocenters. The number of rotatable bonds is 6. The molecule has 0 saturated carbocycles. The minimum atomic E-state index is -0.277. The van der Waals surface area contributed by atoms with Crippen molar-refractivity contribution in [2.45, 2.75) is 25.5 Å². The average molecular weight is 356 g/mol. The predicted octanol–water partition coefficient (Wildman–Crippen LogP) is 1.73. The third-order valence-electron chi connectivity index (χ3n) is 4.31. The molecule has 1 aromatic carbocycles. The van der Waals surface area contributed by atoms with E-state index in [1.165, 1.54) is 6.20 Å². The molecule has 1 atom stereocenters. The number of hydrogen-bond acceptors (Lipinski definition) is 7. The Kier molecular flexibility index (Phi) is 4.83. The Labute approximate surface area is 150 Å². The number of aromatic nitrogens is 2. The molecule has 1 saturated heterocycles. The summed E-state index contributed by atoms with van der Waals surface area (Å²) in [6.07, 6.45) is 5.40. The molecule has 1 fully saturated rings. The van der Waals surface area contributed by atoms with Crippen molar-refractivity contribution in [2.24, 2.45) is 0 Å². The van der Waals surface area contributed by atoms with Gasteiger partial charge in [0.1, 0.15) is 11.5 Å². The maximum absolute atomic E-state index is 12.2. The first-order valence-corrected chi connectivity index (χ1v) is 8.62. The fraction of sp³-hybridized carbons (Fsp3) is 0.389. The van der Waals surface area contributed by atoms with Gasteiger partial charge in [0.05, 0.1) is 18.5 Å². The number of hydrogen-bond donors (Lipinski definition) is 2. The van der Waals surface area contributed by atoms with Crippen molar-refractivity contribution in [2.75, 3.05) is 25.3 Å². The Morgan fingerprint density at radius 3 is 2.92 bits per heavy atom. The first-order chi connectivity index (χ1) is 12.8. The molecule has 26 heavy (non-hydrogen) atoms. The molecule has 0 spiro atoms. The summed E-state index contributed by atoms with van der Waals surface area (Å²) in [5.41, 5.74) is 1.19. The van der Waals surface area contributed by atoms with E-state index in [1.54, 1.807) is 6.20 Å². The summed E-state index contributed by atoms with van der Waals surface area (Å²) in [6.45, 7) is 2.12. The second-order valence-corrected chi connectivity index (χ2v) is 6.17. The minimum absolute atomic E-state index is 0.224. The fourth-order valence-corrected chi connectivity index (χ4v) is 2.88. The van der Waals surface area contributed by atoms with E-state index >= 15 is 0 Å². The largest absolute Gasteiger partial charge is 0.454 e. The van der Waals surface area contributed by atoms with Crippen molar-refractivity contribution in [3.63, 3.8) is 0 Å². The van der Waals surface area contributed by atoms with Crippen LogP contribution in [0.5, 0.6) is 11.5 Å². The van der Waals surface area contributed by atoms with E-state index in [-0.39, 0.29) is 24.5 Å². The topological polar surface area (TPSA) is 94.6 Å². The van der Waals surface area contributed by atoms with Gasteiger partial charge in [-0.15, -0.1) is 0 Å². The molecule has 8 heteroatoms. The van der Waals surface area contributed by atoms with Gasteiger partial charge in [-0.05, 0) is 30.5 Å². The van der Waals surface area contributed by atoms with Gasteiger partial charge in [-0.2, -0.15) is 0 Å². The van der Waals surface area contributed by atoms with Crippen LogP contribution < -0.4 is 20.1 Å². The number of carbonyl (C=O) groups is 1. The zero-order valence-electron chi connectivity index (χ0n) is 14.2. The number of ether oxygens (including phenoxy) is 3. The number of benzene rings is 1. The van der Waals surface area contributed by atoms with Crippen LogP contribution in [0.1, 0.15) is 28.9 Å². The number of amides is 1. The summed E-state index contributed by atoms with van der Waals surface area (Å²) in [5.74, 6) is 1.77. The van der Waals surface area contributed by atoms with Crippen LogP contribution in [0.2, 0.25) is 0 Å². The average Bonchev–Trinajstić information content (AvgIpc) is 3.36. The van der Waals surface area contributed by atoms with E-state index in [9.17, 15) is 4.79 Å². The van der Waals surface area contributed by atoms with Gasteiger partial charge in [0.15, 0.2) is 11.5 Å². The van der Waals surface area contributed by atoms with Crippen LogP contribution in [-0.2, 0) is 11.3 Å². The van der Waals surface area contributed by atoms with Crippen molar-refractivity contribution in [1.29, 1.82) is 0 Å². The maximum atomic E-state index is 12.2. The van der Waals surface area contributed by atoms with Crippen LogP contribution in [-0.4, -0.2) is 41.9 Å². The summed E-state index contributed by atoms with van der Waals surface area (Å²) in [5, 5.41) is 6.00. The van der Waals surface area contributed by atoms with Gasteiger partial charge in [-0.3, -0.25) is 4.79 Å². The molecule has 8 nitrogen and oxygen atoms in total. The SMILES string of the molecule is O=C(NCc1ccc2c(c1)OCO2)c1cnc(NCC2CCCO2)cn1. The van der Waals surface area contributed by atoms with Crippen LogP contribution in [0.15, 0.2) is 30.6 Å². The highest BCUT2D eigenvalue weighted by molar-refractivity contribution is 5.91. The highest BCUT2D eigenvalue weighted by Crippen LogP contribution is 2.32. The van der Waals surface area contributed by atoms with Gasteiger partial charge in [-0.25, -0.2) is 9.97 Å². The van der Waals surface area contributed by atoms with E-state index in [0.717, 1.165) is 30.8 Å². The van der Waals surface area contributed by atoms with E-state index < -0.39 is 0 Å². The lowest BCUT2D eigenvalue weighted by atomic mass is 10.2. The van der Waals surface area contributed by atoms with Crippen LogP contribution >= 0.6 is 0 Å². The van der Waals surface area contributed by atoms with Crippen LogP contribution in [0, 0.1) is 0 Å². The first kappa shape index (κ1) is 16.6. The molecule has 1 amide bonds. The minimum Gasteiger partial charge on any atom is -0.454 e. The molecule has 136 valence electrons. The second kappa shape index (κ2) is 7.57. The third kappa shape index (κ3) is 3.85. The molecule has 0 aliphatic carbocycles. The van der Waals surface area contributed by atoms with Crippen molar-refractivity contribution in [3.8, 4) is 11.5 Å². The number of nitrogens with one attached hydrogen (secondary N) is 2. The van der Waals surface area contributed by atoms with E-state index in [4.69, 9.17) is 14.2 Å². The smallest absolute Gasteiger partial charge is 0.271 e. The monoisotopic (exact) mass is 356 g/mol. The highest BCUT2D eigenvalue weighted by Gasteiger charge is 2.16. The van der Waals surface area contributed by atoms with Gasteiger partial charge < -0.3 is 24.8 Å². The zero-order valence-corrected chi connectivity index (χ0v) is 14.2. The molecular weight excluding hydrogens is 336 g/mol. The van der Waals surface area contributed by atoms with Crippen molar-refractivity contribution >= 4 is 11.7 Å². The lowest BCUT2D eigenvalue weighted by Crippen LogP contribution is -2.24. The molecule has 4 rings (SSSR count). The number of nitrogens with zero attached hydrogens (tertiary/aromatic N) is 2. The van der Waals surface area contributed by atoms with E-state index in [2.05, 4.69) is 20.6 Å². The van der Waals surface area contributed by atoms with Gasteiger partial charge in [0, 0.05) is 19.7 Å². The fourth-order valence-electron chi connectivity index (χ4n) is 2.88. The van der Waals surface area contributed by atoms with E-state index in [1.807, 2.05) is 18.2 Å². The number of anilines is 1.